The summed E-state index contributed by atoms with van der Waals surface area (Å²) in [4.78, 5) is 11.6. The Morgan fingerprint density at radius 2 is 1.71 bits per heavy atom. The Kier molecular flexibility index (Phi) is 3.54. The highest BCUT2D eigenvalue weighted by atomic mass is 32.2. The standard InChI is InChI=1S/C13H8F2OS/c14-10-2-4-11(5-3-10)17-13-6-1-9(8-16)7-12(13)15/h1-8H. The van der Waals surface area contributed by atoms with E-state index in [1.807, 2.05) is 0 Å². The Morgan fingerprint density at radius 1 is 1.00 bits per heavy atom. The topological polar surface area (TPSA) is 17.1 Å². The summed E-state index contributed by atoms with van der Waals surface area (Å²) < 4.78 is 26.2. The minimum absolute atomic E-state index is 0.297. The molecule has 0 aliphatic heterocycles. The molecule has 86 valence electrons. The van der Waals surface area contributed by atoms with Gasteiger partial charge in [-0.1, -0.05) is 17.8 Å². The summed E-state index contributed by atoms with van der Waals surface area (Å²) >= 11 is 1.18. The molecule has 0 atom stereocenters. The van der Waals surface area contributed by atoms with Crippen molar-refractivity contribution in [1.29, 1.82) is 0 Å². The van der Waals surface area contributed by atoms with Crippen molar-refractivity contribution in [1.82, 2.24) is 0 Å². The van der Waals surface area contributed by atoms with Gasteiger partial charge in [-0.2, -0.15) is 0 Å². The smallest absolute Gasteiger partial charge is 0.150 e. The lowest BCUT2D eigenvalue weighted by Gasteiger charge is -2.03. The van der Waals surface area contributed by atoms with Gasteiger partial charge in [0, 0.05) is 15.4 Å². The number of carbonyl (C=O) groups is 1. The molecule has 0 heterocycles. The second-order valence-electron chi connectivity index (χ2n) is 3.36. The highest BCUT2D eigenvalue weighted by molar-refractivity contribution is 7.99. The van der Waals surface area contributed by atoms with Crippen LogP contribution in [0.1, 0.15) is 10.4 Å². The lowest BCUT2D eigenvalue weighted by Crippen LogP contribution is -1.86. The molecule has 0 aliphatic rings. The van der Waals surface area contributed by atoms with Crippen molar-refractivity contribution in [2.75, 3.05) is 0 Å². The Labute approximate surface area is 101 Å². The van der Waals surface area contributed by atoms with Crippen molar-refractivity contribution in [2.24, 2.45) is 0 Å². The van der Waals surface area contributed by atoms with Gasteiger partial charge in [-0.3, -0.25) is 4.79 Å². The number of hydrogen-bond acceptors (Lipinski definition) is 2. The highest BCUT2D eigenvalue weighted by Crippen LogP contribution is 2.30. The first-order valence-corrected chi connectivity index (χ1v) is 5.69. The summed E-state index contributed by atoms with van der Waals surface area (Å²) in [6.45, 7) is 0. The van der Waals surface area contributed by atoms with Crippen LogP contribution in [0.15, 0.2) is 52.3 Å². The van der Waals surface area contributed by atoms with Crippen molar-refractivity contribution in [3.8, 4) is 0 Å². The fourth-order valence-electron chi connectivity index (χ4n) is 1.30. The molecule has 1 nitrogen and oxygen atoms in total. The van der Waals surface area contributed by atoms with Gasteiger partial charge in [-0.15, -0.1) is 0 Å². The fourth-order valence-corrected chi connectivity index (χ4v) is 2.12. The van der Waals surface area contributed by atoms with Crippen molar-refractivity contribution < 1.29 is 13.6 Å². The minimum atomic E-state index is -0.455. The molecular weight excluding hydrogens is 242 g/mol. The molecule has 0 saturated carbocycles. The first kappa shape index (κ1) is 11.8. The van der Waals surface area contributed by atoms with Gasteiger partial charge in [0.1, 0.15) is 17.9 Å². The molecular formula is C13H8F2OS. The van der Waals surface area contributed by atoms with Gasteiger partial charge in [0.2, 0.25) is 0 Å². The van der Waals surface area contributed by atoms with Crippen LogP contribution in [0.2, 0.25) is 0 Å². The van der Waals surface area contributed by atoms with Crippen LogP contribution in [-0.2, 0) is 0 Å². The molecule has 2 aromatic rings. The molecule has 2 aromatic carbocycles. The van der Waals surface area contributed by atoms with Crippen molar-refractivity contribution in [3.63, 3.8) is 0 Å². The van der Waals surface area contributed by atoms with Gasteiger partial charge in [-0.25, -0.2) is 8.78 Å². The fraction of sp³-hybridized carbons (Fsp3) is 0. The van der Waals surface area contributed by atoms with Crippen LogP contribution in [0.4, 0.5) is 8.78 Å². The molecule has 0 N–H and O–H groups in total. The number of rotatable bonds is 3. The maximum absolute atomic E-state index is 13.5. The van der Waals surface area contributed by atoms with Crippen molar-refractivity contribution >= 4 is 18.0 Å². The summed E-state index contributed by atoms with van der Waals surface area (Å²) in [6.07, 6.45) is 0.593. The van der Waals surface area contributed by atoms with Gasteiger partial charge >= 0.3 is 0 Å². The van der Waals surface area contributed by atoms with Crippen molar-refractivity contribution in [3.05, 3.63) is 59.7 Å². The van der Waals surface area contributed by atoms with Crippen molar-refractivity contribution in [2.45, 2.75) is 9.79 Å². The van der Waals surface area contributed by atoms with Gasteiger partial charge in [0.15, 0.2) is 0 Å². The Morgan fingerprint density at radius 3 is 2.29 bits per heavy atom. The molecule has 0 spiro atoms. The van der Waals surface area contributed by atoms with Gasteiger partial charge in [0.05, 0.1) is 0 Å². The van der Waals surface area contributed by atoms with E-state index in [1.165, 1.54) is 36.0 Å². The molecule has 0 radical (unpaired) electrons. The van der Waals surface area contributed by atoms with Crippen LogP contribution in [0.5, 0.6) is 0 Å². The molecule has 0 amide bonds. The van der Waals surface area contributed by atoms with E-state index in [0.717, 1.165) is 4.90 Å². The summed E-state index contributed by atoms with van der Waals surface area (Å²) in [6, 6.07) is 10.0. The first-order chi connectivity index (χ1) is 8.19. The quantitative estimate of drug-likeness (QED) is 0.768. The first-order valence-electron chi connectivity index (χ1n) is 4.87. The molecule has 4 heteroatoms. The Balaban J connectivity index is 2.24. The van der Waals surface area contributed by atoms with Crippen LogP contribution in [0, 0.1) is 11.6 Å². The van der Waals surface area contributed by atoms with E-state index < -0.39 is 5.82 Å². The van der Waals surface area contributed by atoms with Gasteiger partial charge in [-0.05, 0) is 36.4 Å². The Hall–Kier alpha value is -1.68. The van der Waals surface area contributed by atoms with Crippen LogP contribution >= 0.6 is 11.8 Å². The van der Waals surface area contributed by atoms with Gasteiger partial charge < -0.3 is 0 Å². The predicted octanol–water partition coefficient (Wildman–Crippen LogP) is 3.93. The third kappa shape index (κ3) is 2.91. The molecule has 17 heavy (non-hydrogen) atoms. The van der Waals surface area contributed by atoms with E-state index >= 15 is 0 Å². The second-order valence-corrected chi connectivity index (χ2v) is 4.48. The maximum Gasteiger partial charge on any atom is 0.150 e. The molecule has 0 bridgehead atoms. The number of aldehydes is 1. The summed E-state index contributed by atoms with van der Waals surface area (Å²) in [7, 11) is 0. The molecule has 0 saturated heterocycles. The van der Waals surface area contributed by atoms with E-state index in [2.05, 4.69) is 0 Å². The van der Waals surface area contributed by atoms with Crippen LogP contribution < -0.4 is 0 Å². The zero-order valence-corrected chi connectivity index (χ0v) is 9.51. The average molecular weight is 250 g/mol. The van der Waals surface area contributed by atoms with E-state index in [4.69, 9.17) is 0 Å². The van der Waals surface area contributed by atoms with E-state index in [0.29, 0.717) is 16.7 Å². The van der Waals surface area contributed by atoms with E-state index in [9.17, 15) is 13.6 Å². The van der Waals surface area contributed by atoms with Crippen LogP contribution in [-0.4, -0.2) is 6.29 Å². The largest absolute Gasteiger partial charge is 0.298 e. The highest BCUT2D eigenvalue weighted by Gasteiger charge is 2.05. The molecule has 0 aromatic heterocycles. The molecule has 0 aliphatic carbocycles. The van der Waals surface area contributed by atoms with E-state index in [-0.39, 0.29) is 5.82 Å². The lowest BCUT2D eigenvalue weighted by atomic mass is 10.2. The third-order valence-electron chi connectivity index (χ3n) is 2.13. The SMILES string of the molecule is O=Cc1ccc(Sc2ccc(F)cc2)c(F)c1. The number of halogens is 2. The summed E-state index contributed by atoms with van der Waals surface area (Å²) in [5.41, 5.74) is 0.297. The average Bonchev–Trinajstić information content (AvgIpc) is 2.34. The monoisotopic (exact) mass is 250 g/mol. The Bertz CT molecular complexity index is 538. The maximum atomic E-state index is 13.5. The zero-order valence-electron chi connectivity index (χ0n) is 8.69. The zero-order chi connectivity index (χ0) is 12.3. The van der Waals surface area contributed by atoms with Crippen LogP contribution in [0.25, 0.3) is 0 Å². The summed E-state index contributed by atoms with van der Waals surface area (Å²) in [5.74, 6) is -0.782. The van der Waals surface area contributed by atoms with E-state index in [1.54, 1.807) is 18.2 Å². The minimum Gasteiger partial charge on any atom is -0.298 e. The summed E-state index contributed by atoms with van der Waals surface area (Å²) in [5, 5.41) is 0. The third-order valence-corrected chi connectivity index (χ3v) is 3.19. The molecule has 2 rings (SSSR count). The lowest BCUT2D eigenvalue weighted by molar-refractivity contribution is 0.112. The normalized spacial score (nSPS) is 10.2. The number of hydrogen-bond donors (Lipinski definition) is 0. The van der Waals surface area contributed by atoms with Gasteiger partial charge in [0.25, 0.3) is 0 Å². The number of benzene rings is 2. The second kappa shape index (κ2) is 5.10. The predicted molar refractivity (Wildman–Crippen MR) is 62.3 cm³/mol. The van der Waals surface area contributed by atoms with Crippen LogP contribution in [0.3, 0.4) is 0 Å². The molecule has 0 fully saturated rings. The molecule has 0 unspecified atom stereocenters. The number of carbonyl (C=O) groups excluding carboxylic acids is 1.